The van der Waals surface area contributed by atoms with Gasteiger partial charge in [-0.25, -0.2) is 4.79 Å². The van der Waals surface area contributed by atoms with Crippen molar-refractivity contribution in [2.45, 2.75) is 37.6 Å². The monoisotopic (exact) mass is 450 g/mol. The van der Waals surface area contributed by atoms with Gasteiger partial charge in [0.15, 0.2) is 18.2 Å². The van der Waals surface area contributed by atoms with Crippen LogP contribution < -0.4 is 5.32 Å². The molecule has 1 N–H and O–H groups in total. The van der Waals surface area contributed by atoms with E-state index >= 15 is 0 Å². The lowest BCUT2D eigenvalue weighted by Gasteiger charge is -2.31. The zero-order valence-electron chi connectivity index (χ0n) is 17.1. The van der Waals surface area contributed by atoms with Gasteiger partial charge in [0.05, 0.1) is 22.2 Å². The highest BCUT2D eigenvalue weighted by Gasteiger charge is 2.35. The number of hydrogen-bond donors (Lipinski definition) is 1. The van der Waals surface area contributed by atoms with Gasteiger partial charge in [0.1, 0.15) is 5.54 Å². The summed E-state index contributed by atoms with van der Waals surface area (Å²) in [5.41, 5.74) is -0.508. The van der Waals surface area contributed by atoms with E-state index in [1.54, 1.807) is 18.2 Å². The molecule has 0 aliphatic heterocycles. The van der Waals surface area contributed by atoms with Crippen LogP contribution in [0, 0.1) is 11.3 Å². The molecule has 32 heavy (non-hydrogen) atoms. The maximum absolute atomic E-state index is 12.9. The molecule has 1 fully saturated rings. The van der Waals surface area contributed by atoms with E-state index in [-0.39, 0.29) is 38.6 Å². The van der Waals surface area contributed by atoms with E-state index in [9.17, 15) is 24.4 Å². The van der Waals surface area contributed by atoms with Crippen LogP contribution in [-0.2, 0) is 9.53 Å². The second-order valence-corrected chi connectivity index (χ2v) is 8.31. The minimum atomic E-state index is -0.939. The molecule has 1 amide bonds. The van der Waals surface area contributed by atoms with Crippen molar-refractivity contribution in [2.75, 3.05) is 6.61 Å². The lowest BCUT2D eigenvalue weighted by Crippen LogP contribution is -2.50. The van der Waals surface area contributed by atoms with Crippen LogP contribution in [0.5, 0.6) is 0 Å². The van der Waals surface area contributed by atoms with Crippen LogP contribution in [0.3, 0.4) is 0 Å². The number of hydrogen-bond acceptors (Lipinski definition) is 6. The number of carbonyl (C=O) groups excluding carboxylic acids is 4. The van der Waals surface area contributed by atoms with Crippen molar-refractivity contribution in [3.05, 3.63) is 69.2 Å². The number of ether oxygens (including phenoxy) is 1. The molecule has 2 aromatic rings. The zero-order chi connectivity index (χ0) is 22.9. The van der Waals surface area contributed by atoms with Crippen molar-refractivity contribution in [3.8, 4) is 6.07 Å². The van der Waals surface area contributed by atoms with E-state index in [1.807, 2.05) is 0 Å². The standard InChI is InChI=1S/C24H19ClN2O5/c25-20-17(23(31)32-12-18(28)27-24(13-26)10-4-1-5-11-24)9-8-16-19(20)22(30)15-7-3-2-6-14(15)21(16)29/h2-3,6-9H,1,4-5,10-12H2,(H,27,28). The minimum Gasteiger partial charge on any atom is -0.452 e. The molecule has 0 heterocycles. The quantitative estimate of drug-likeness (QED) is 0.607. The topological polar surface area (TPSA) is 113 Å². The number of fused-ring (bicyclic) bond motifs is 2. The summed E-state index contributed by atoms with van der Waals surface area (Å²) < 4.78 is 5.08. The molecule has 4 rings (SSSR count). The first-order chi connectivity index (χ1) is 15.4. The summed E-state index contributed by atoms with van der Waals surface area (Å²) in [7, 11) is 0. The smallest absolute Gasteiger partial charge is 0.340 e. The SMILES string of the molecule is N#CC1(NC(=O)COC(=O)c2ccc3c(c2Cl)C(=O)c2ccccc2C3=O)CCCCC1. The van der Waals surface area contributed by atoms with Crippen molar-refractivity contribution in [1.29, 1.82) is 5.26 Å². The molecule has 0 saturated heterocycles. The van der Waals surface area contributed by atoms with E-state index in [2.05, 4.69) is 11.4 Å². The lowest BCUT2D eigenvalue weighted by atomic mass is 9.83. The summed E-state index contributed by atoms with van der Waals surface area (Å²) in [4.78, 5) is 50.5. The van der Waals surface area contributed by atoms with Gasteiger partial charge in [-0.1, -0.05) is 55.1 Å². The number of carbonyl (C=O) groups is 4. The average Bonchev–Trinajstić information content (AvgIpc) is 2.81. The van der Waals surface area contributed by atoms with Crippen LogP contribution >= 0.6 is 11.6 Å². The van der Waals surface area contributed by atoms with Crippen LogP contribution in [0.25, 0.3) is 0 Å². The first-order valence-corrected chi connectivity index (χ1v) is 10.6. The highest BCUT2D eigenvalue weighted by Crippen LogP contribution is 2.34. The Morgan fingerprint density at radius 2 is 1.66 bits per heavy atom. The maximum Gasteiger partial charge on any atom is 0.340 e. The van der Waals surface area contributed by atoms with Gasteiger partial charge in [0, 0.05) is 16.7 Å². The van der Waals surface area contributed by atoms with Crippen LogP contribution in [0.1, 0.15) is 74.3 Å². The van der Waals surface area contributed by atoms with Gasteiger partial charge in [-0.3, -0.25) is 14.4 Å². The number of amides is 1. The number of nitriles is 1. The van der Waals surface area contributed by atoms with E-state index in [4.69, 9.17) is 16.3 Å². The number of ketones is 2. The summed E-state index contributed by atoms with van der Waals surface area (Å²) in [5, 5.41) is 11.9. The molecule has 2 aromatic carbocycles. The highest BCUT2D eigenvalue weighted by atomic mass is 35.5. The first kappa shape index (κ1) is 21.7. The van der Waals surface area contributed by atoms with E-state index in [1.165, 1.54) is 18.2 Å². The molecular weight excluding hydrogens is 432 g/mol. The molecule has 1 saturated carbocycles. The number of benzene rings is 2. The van der Waals surface area contributed by atoms with E-state index in [0.717, 1.165) is 19.3 Å². The fourth-order valence-electron chi connectivity index (χ4n) is 4.24. The Morgan fingerprint density at radius 1 is 1.00 bits per heavy atom. The summed E-state index contributed by atoms with van der Waals surface area (Å²) in [6, 6.07) is 11.2. The second-order valence-electron chi connectivity index (χ2n) is 7.93. The van der Waals surface area contributed by atoms with Crippen LogP contribution in [-0.4, -0.2) is 35.6 Å². The minimum absolute atomic E-state index is 0.0556. The first-order valence-electron chi connectivity index (χ1n) is 10.3. The Morgan fingerprint density at radius 3 is 2.31 bits per heavy atom. The van der Waals surface area contributed by atoms with Gasteiger partial charge in [-0.15, -0.1) is 0 Å². The van der Waals surface area contributed by atoms with Crippen LogP contribution in [0.15, 0.2) is 36.4 Å². The lowest BCUT2D eigenvalue weighted by molar-refractivity contribution is -0.125. The molecule has 162 valence electrons. The molecular formula is C24H19ClN2O5. The highest BCUT2D eigenvalue weighted by molar-refractivity contribution is 6.41. The average molecular weight is 451 g/mol. The van der Waals surface area contributed by atoms with Crippen molar-refractivity contribution in [1.82, 2.24) is 5.32 Å². The molecule has 0 radical (unpaired) electrons. The molecule has 0 bridgehead atoms. The number of esters is 1. The fourth-order valence-corrected chi connectivity index (χ4v) is 4.56. The number of nitrogens with one attached hydrogen (secondary N) is 1. The predicted octanol–water partition coefficient (Wildman–Crippen LogP) is 3.61. The Bertz CT molecular complexity index is 1190. The van der Waals surface area contributed by atoms with Crippen molar-refractivity contribution < 1.29 is 23.9 Å². The summed E-state index contributed by atoms with van der Waals surface area (Å²) in [5.74, 6) is -2.30. The van der Waals surface area contributed by atoms with Crippen molar-refractivity contribution >= 4 is 35.0 Å². The van der Waals surface area contributed by atoms with Gasteiger partial charge < -0.3 is 10.1 Å². The fraction of sp³-hybridized carbons (Fsp3) is 0.292. The van der Waals surface area contributed by atoms with E-state index < -0.39 is 29.8 Å². The third-order valence-electron chi connectivity index (χ3n) is 5.88. The van der Waals surface area contributed by atoms with Gasteiger partial charge in [-0.05, 0) is 25.0 Å². The molecule has 2 aliphatic carbocycles. The number of rotatable bonds is 4. The Hall–Kier alpha value is -3.50. The Balaban J connectivity index is 1.51. The normalized spacial score (nSPS) is 16.4. The molecule has 2 aliphatic rings. The largest absolute Gasteiger partial charge is 0.452 e. The number of nitrogens with zero attached hydrogens (tertiary/aromatic N) is 1. The molecule has 0 spiro atoms. The molecule has 0 atom stereocenters. The van der Waals surface area contributed by atoms with Gasteiger partial charge in [0.25, 0.3) is 5.91 Å². The summed E-state index contributed by atoms with van der Waals surface area (Å²) in [6.07, 6.45) is 3.80. The van der Waals surface area contributed by atoms with E-state index in [0.29, 0.717) is 12.8 Å². The second kappa shape index (κ2) is 8.56. The molecule has 8 heteroatoms. The maximum atomic E-state index is 12.9. The van der Waals surface area contributed by atoms with Gasteiger partial charge >= 0.3 is 5.97 Å². The zero-order valence-corrected chi connectivity index (χ0v) is 17.8. The predicted molar refractivity (Wildman–Crippen MR) is 115 cm³/mol. The summed E-state index contributed by atoms with van der Waals surface area (Å²) in [6.45, 7) is -0.592. The summed E-state index contributed by atoms with van der Waals surface area (Å²) >= 11 is 6.35. The third kappa shape index (κ3) is 3.78. The van der Waals surface area contributed by atoms with Crippen molar-refractivity contribution in [3.63, 3.8) is 0 Å². The Labute approximate surface area is 189 Å². The van der Waals surface area contributed by atoms with Crippen molar-refractivity contribution in [2.24, 2.45) is 0 Å². The third-order valence-corrected chi connectivity index (χ3v) is 6.28. The molecule has 7 nitrogen and oxygen atoms in total. The number of halogens is 1. The molecule has 0 aromatic heterocycles. The molecule has 0 unspecified atom stereocenters. The van der Waals surface area contributed by atoms with Gasteiger partial charge in [-0.2, -0.15) is 5.26 Å². The van der Waals surface area contributed by atoms with Crippen LogP contribution in [0.4, 0.5) is 0 Å². The Kier molecular flexibility index (Phi) is 5.81. The van der Waals surface area contributed by atoms with Crippen LogP contribution in [0.2, 0.25) is 5.02 Å². The van der Waals surface area contributed by atoms with Gasteiger partial charge in [0.2, 0.25) is 0 Å².